The second-order valence-electron chi connectivity index (χ2n) is 6.11. The predicted molar refractivity (Wildman–Crippen MR) is 90.0 cm³/mol. The van der Waals surface area contributed by atoms with Crippen LogP contribution in [0.2, 0.25) is 0 Å². The van der Waals surface area contributed by atoms with Gasteiger partial charge in [0, 0.05) is 23.2 Å². The van der Waals surface area contributed by atoms with Crippen molar-refractivity contribution < 1.29 is 9.90 Å². The molecule has 2 rings (SSSR count). The van der Waals surface area contributed by atoms with Crippen LogP contribution in [0.25, 0.3) is 10.6 Å². The van der Waals surface area contributed by atoms with E-state index in [0.29, 0.717) is 13.0 Å². The van der Waals surface area contributed by atoms with E-state index >= 15 is 0 Å². The molecule has 1 aromatic heterocycles. The molecule has 0 aliphatic carbocycles. The highest BCUT2D eigenvalue weighted by Crippen LogP contribution is 2.25. The van der Waals surface area contributed by atoms with Gasteiger partial charge in [0.2, 0.25) is 0 Å². The standard InChI is InChI=1S/C17H22N2O2S/c1-12-4-6-13(7-5-12)15-19-11-14(22-15)10-18-9-8-17(2,3)16(20)21/h4-7,11,18H,8-10H2,1-3H3,(H,20,21). The van der Waals surface area contributed by atoms with Gasteiger partial charge in [-0.05, 0) is 33.7 Å². The van der Waals surface area contributed by atoms with Gasteiger partial charge < -0.3 is 10.4 Å². The first kappa shape index (κ1) is 16.6. The summed E-state index contributed by atoms with van der Waals surface area (Å²) in [5.74, 6) is -0.756. The zero-order chi connectivity index (χ0) is 16.2. The first-order valence-electron chi connectivity index (χ1n) is 7.34. The molecule has 0 amide bonds. The van der Waals surface area contributed by atoms with Crippen LogP contribution in [0.4, 0.5) is 0 Å². The van der Waals surface area contributed by atoms with E-state index in [1.165, 1.54) is 5.56 Å². The molecule has 4 nitrogen and oxygen atoms in total. The summed E-state index contributed by atoms with van der Waals surface area (Å²) in [5.41, 5.74) is 1.69. The van der Waals surface area contributed by atoms with E-state index in [1.54, 1.807) is 25.2 Å². The van der Waals surface area contributed by atoms with Gasteiger partial charge in [-0.3, -0.25) is 4.79 Å². The van der Waals surface area contributed by atoms with Gasteiger partial charge in [0.05, 0.1) is 5.41 Å². The number of rotatable bonds is 7. The van der Waals surface area contributed by atoms with Gasteiger partial charge in [0.1, 0.15) is 5.01 Å². The Morgan fingerprint density at radius 3 is 2.64 bits per heavy atom. The van der Waals surface area contributed by atoms with Crippen LogP contribution in [-0.4, -0.2) is 22.6 Å². The van der Waals surface area contributed by atoms with Gasteiger partial charge in [-0.25, -0.2) is 4.98 Å². The van der Waals surface area contributed by atoms with E-state index in [4.69, 9.17) is 5.11 Å². The Bertz CT molecular complexity index is 632. The monoisotopic (exact) mass is 318 g/mol. The molecule has 0 unspecified atom stereocenters. The van der Waals surface area contributed by atoms with Gasteiger partial charge >= 0.3 is 5.97 Å². The van der Waals surface area contributed by atoms with E-state index in [0.717, 1.165) is 22.0 Å². The molecule has 5 heteroatoms. The number of carbonyl (C=O) groups is 1. The molecule has 1 heterocycles. The molecule has 0 aliphatic heterocycles. The molecular formula is C17H22N2O2S. The van der Waals surface area contributed by atoms with Crippen LogP contribution in [0.1, 0.15) is 30.7 Å². The van der Waals surface area contributed by atoms with Gasteiger partial charge in [-0.15, -0.1) is 11.3 Å². The molecule has 2 aromatic rings. The highest BCUT2D eigenvalue weighted by Gasteiger charge is 2.26. The van der Waals surface area contributed by atoms with Gasteiger partial charge in [0.15, 0.2) is 0 Å². The van der Waals surface area contributed by atoms with Crippen molar-refractivity contribution in [2.75, 3.05) is 6.54 Å². The van der Waals surface area contributed by atoms with Crippen LogP contribution in [0, 0.1) is 12.3 Å². The van der Waals surface area contributed by atoms with Crippen LogP contribution < -0.4 is 5.32 Å². The second-order valence-corrected chi connectivity index (χ2v) is 7.23. The fourth-order valence-corrected chi connectivity index (χ4v) is 2.83. The quantitative estimate of drug-likeness (QED) is 0.764. The van der Waals surface area contributed by atoms with E-state index in [9.17, 15) is 4.79 Å². The molecule has 0 radical (unpaired) electrons. The molecule has 118 valence electrons. The van der Waals surface area contributed by atoms with Crippen molar-refractivity contribution in [1.29, 1.82) is 0 Å². The average molecular weight is 318 g/mol. The lowest BCUT2D eigenvalue weighted by Gasteiger charge is -2.18. The first-order chi connectivity index (χ1) is 10.4. The van der Waals surface area contributed by atoms with Crippen molar-refractivity contribution in [3.05, 3.63) is 40.9 Å². The Labute approximate surface area is 135 Å². The molecule has 0 saturated carbocycles. The van der Waals surface area contributed by atoms with Crippen molar-refractivity contribution in [2.24, 2.45) is 5.41 Å². The topological polar surface area (TPSA) is 62.2 Å². The Balaban J connectivity index is 1.85. The summed E-state index contributed by atoms with van der Waals surface area (Å²) in [5, 5.41) is 13.4. The number of thiazole rings is 1. The molecule has 0 fully saturated rings. The summed E-state index contributed by atoms with van der Waals surface area (Å²) in [7, 11) is 0. The summed E-state index contributed by atoms with van der Waals surface area (Å²) in [6, 6.07) is 8.34. The number of nitrogens with one attached hydrogen (secondary N) is 1. The maximum atomic E-state index is 11.0. The Morgan fingerprint density at radius 2 is 2.00 bits per heavy atom. The number of carboxylic acid groups (broad SMARTS) is 1. The van der Waals surface area contributed by atoms with E-state index in [2.05, 4.69) is 41.5 Å². The second kappa shape index (κ2) is 7.03. The van der Waals surface area contributed by atoms with Crippen LogP contribution in [0.5, 0.6) is 0 Å². The Hall–Kier alpha value is -1.72. The van der Waals surface area contributed by atoms with Crippen LogP contribution >= 0.6 is 11.3 Å². The average Bonchev–Trinajstić information content (AvgIpc) is 2.93. The third-order valence-corrected chi connectivity index (χ3v) is 4.70. The Kier molecular flexibility index (Phi) is 5.32. The molecule has 0 spiro atoms. The third-order valence-electron chi connectivity index (χ3n) is 3.66. The largest absolute Gasteiger partial charge is 0.481 e. The van der Waals surface area contributed by atoms with E-state index in [1.807, 2.05) is 6.20 Å². The molecule has 0 bridgehead atoms. The summed E-state index contributed by atoms with van der Waals surface area (Å²) in [6.07, 6.45) is 2.49. The van der Waals surface area contributed by atoms with Crippen molar-refractivity contribution >= 4 is 17.3 Å². The minimum atomic E-state index is -0.756. The summed E-state index contributed by atoms with van der Waals surface area (Å²) in [4.78, 5) is 16.6. The van der Waals surface area contributed by atoms with Crippen LogP contribution in [-0.2, 0) is 11.3 Å². The smallest absolute Gasteiger partial charge is 0.309 e. The van der Waals surface area contributed by atoms with Crippen molar-refractivity contribution in [3.63, 3.8) is 0 Å². The molecule has 1 aromatic carbocycles. The minimum Gasteiger partial charge on any atom is -0.481 e. The van der Waals surface area contributed by atoms with Gasteiger partial charge in [0.25, 0.3) is 0 Å². The zero-order valence-electron chi connectivity index (χ0n) is 13.2. The lowest BCUT2D eigenvalue weighted by atomic mass is 9.90. The number of hydrogen-bond acceptors (Lipinski definition) is 4. The predicted octanol–water partition coefficient (Wildman–Crippen LogP) is 3.71. The maximum absolute atomic E-state index is 11.0. The third kappa shape index (κ3) is 4.39. The van der Waals surface area contributed by atoms with Gasteiger partial charge in [-0.2, -0.15) is 0 Å². The van der Waals surface area contributed by atoms with Crippen LogP contribution in [0.3, 0.4) is 0 Å². The fourth-order valence-electron chi connectivity index (χ4n) is 1.94. The normalized spacial score (nSPS) is 11.6. The highest BCUT2D eigenvalue weighted by atomic mass is 32.1. The number of hydrogen-bond donors (Lipinski definition) is 2. The fraction of sp³-hybridized carbons (Fsp3) is 0.412. The number of benzene rings is 1. The SMILES string of the molecule is Cc1ccc(-c2ncc(CNCCC(C)(C)C(=O)O)s2)cc1. The summed E-state index contributed by atoms with van der Waals surface area (Å²) < 4.78 is 0. The maximum Gasteiger partial charge on any atom is 0.309 e. The number of aryl methyl sites for hydroxylation is 1. The molecule has 22 heavy (non-hydrogen) atoms. The van der Waals surface area contributed by atoms with Crippen molar-refractivity contribution in [1.82, 2.24) is 10.3 Å². The van der Waals surface area contributed by atoms with E-state index < -0.39 is 11.4 Å². The summed E-state index contributed by atoms with van der Waals surface area (Å²) in [6.45, 7) is 6.97. The number of aromatic nitrogens is 1. The van der Waals surface area contributed by atoms with Crippen molar-refractivity contribution in [2.45, 2.75) is 33.7 Å². The lowest BCUT2D eigenvalue weighted by Crippen LogP contribution is -2.28. The zero-order valence-corrected chi connectivity index (χ0v) is 14.0. The Morgan fingerprint density at radius 1 is 1.32 bits per heavy atom. The van der Waals surface area contributed by atoms with Gasteiger partial charge in [-0.1, -0.05) is 29.8 Å². The number of aliphatic carboxylic acids is 1. The lowest BCUT2D eigenvalue weighted by molar-refractivity contribution is -0.147. The molecule has 2 N–H and O–H groups in total. The number of nitrogens with zero attached hydrogens (tertiary/aromatic N) is 1. The first-order valence-corrected chi connectivity index (χ1v) is 8.16. The van der Waals surface area contributed by atoms with Crippen LogP contribution in [0.15, 0.2) is 30.5 Å². The highest BCUT2D eigenvalue weighted by molar-refractivity contribution is 7.15. The molecular weight excluding hydrogens is 296 g/mol. The molecule has 0 aliphatic rings. The number of carboxylic acids is 1. The van der Waals surface area contributed by atoms with E-state index in [-0.39, 0.29) is 0 Å². The molecule has 0 atom stereocenters. The molecule has 0 saturated heterocycles. The van der Waals surface area contributed by atoms with Crippen molar-refractivity contribution in [3.8, 4) is 10.6 Å². The minimum absolute atomic E-state index is 0.603. The summed E-state index contributed by atoms with van der Waals surface area (Å²) >= 11 is 1.67.